The van der Waals surface area contributed by atoms with Crippen LogP contribution in [0.3, 0.4) is 0 Å². The van der Waals surface area contributed by atoms with Gasteiger partial charge in [-0.25, -0.2) is 0 Å². The molecule has 0 spiro atoms. The van der Waals surface area contributed by atoms with Gasteiger partial charge in [-0.15, -0.1) is 0 Å². The van der Waals surface area contributed by atoms with Gasteiger partial charge in [0.1, 0.15) is 11.6 Å². The predicted molar refractivity (Wildman–Crippen MR) is 85.6 cm³/mol. The standard InChI is InChI=1S/C16H19N3O3/c1-21-9-8-19-14(7-6-13(15(17)18)16(19)20)11-4-3-5-12(10-11)22-2/h3-7,10H,8-9H2,1-2H3,(H3,17,18). The lowest BCUT2D eigenvalue weighted by Gasteiger charge is -2.15. The van der Waals surface area contributed by atoms with Crippen molar-refractivity contribution in [3.8, 4) is 17.0 Å². The fourth-order valence-corrected chi connectivity index (χ4v) is 2.22. The first kappa shape index (κ1) is 15.8. The molecule has 0 aliphatic carbocycles. The number of benzene rings is 1. The molecule has 2 aromatic rings. The second-order valence-corrected chi connectivity index (χ2v) is 4.73. The summed E-state index contributed by atoms with van der Waals surface area (Å²) in [5, 5.41) is 7.50. The Morgan fingerprint density at radius 2 is 2.05 bits per heavy atom. The Balaban J connectivity index is 2.61. The second-order valence-electron chi connectivity index (χ2n) is 4.73. The predicted octanol–water partition coefficient (Wildman–Crippen LogP) is 1.45. The van der Waals surface area contributed by atoms with Gasteiger partial charge in [0.15, 0.2) is 0 Å². The van der Waals surface area contributed by atoms with Gasteiger partial charge in [0.2, 0.25) is 0 Å². The van der Waals surface area contributed by atoms with Crippen LogP contribution in [0.4, 0.5) is 0 Å². The minimum absolute atomic E-state index is 0.183. The lowest BCUT2D eigenvalue weighted by Crippen LogP contribution is -2.31. The average molecular weight is 301 g/mol. The largest absolute Gasteiger partial charge is 0.497 e. The number of ether oxygens (including phenoxy) is 2. The summed E-state index contributed by atoms with van der Waals surface area (Å²) in [5.74, 6) is 0.465. The molecule has 0 amide bonds. The molecule has 0 radical (unpaired) electrons. The lowest BCUT2D eigenvalue weighted by molar-refractivity contribution is 0.186. The molecule has 2 rings (SSSR count). The fraction of sp³-hybridized carbons (Fsp3) is 0.250. The van der Waals surface area contributed by atoms with Crippen molar-refractivity contribution in [1.29, 1.82) is 5.41 Å². The van der Waals surface area contributed by atoms with Gasteiger partial charge in [-0.3, -0.25) is 10.2 Å². The Hall–Kier alpha value is -2.60. The number of nitrogen functional groups attached to an aromatic ring is 1. The van der Waals surface area contributed by atoms with Crippen LogP contribution in [-0.4, -0.2) is 31.2 Å². The Labute approximate surface area is 128 Å². The lowest BCUT2D eigenvalue weighted by atomic mass is 10.1. The number of nitrogens with one attached hydrogen (secondary N) is 1. The van der Waals surface area contributed by atoms with Crippen LogP contribution in [0.5, 0.6) is 5.75 Å². The smallest absolute Gasteiger partial charge is 0.262 e. The van der Waals surface area contributed by atoms with Crippen molar-refractivity contribution in [3.63, 3.8) is 0 Å². The van der Waals surface area contributed by atoms with Crippen molar-refractivity contribution in [2.75, 3.05) is 20.8 Å². The molecule has 6 nitrogen and oxygen atoms in total. The molecule has 6 heteroatoms. The molecule has 1 aromatic heterocycles. The Kier molecular flexibility index (Phi) is 4.95. The molecule has 0 unspecified atom stereocenters. The van der Waals surface area contributed by atoms with Gasteiger partial charge >= 0.3 is 0 Å². The van der Waals surface area contributed by atoms with E-state index in [1.807, 2.05) is 24.3 Å². The molecular formula is C16H19N3O3. The van der Waals surface area contributed by atoms with E-state index in [0.717, 1.165) is 11.3 Å². The summed E-state index contributed by atoms with van der Waals surface area (Å²) in [4.78, 5) is 12.5. The van der Waals surface area contributed by atoms with Crippen LogP contribution in [-0.2, 0) is 11.3 Å². The highest BCUT2D eigenvalue weighted by atomic mass is 16.5. The highest BCUT2D eigenvalue weighted by Crippen LogP contribution is 2.23. The number of nitrogens with two attached hydrogens (primary N) is 1. The van der Waals surface area contributed by atoms with Gasteiger partial charge in [0, 0.05) is 19.2 Å². The zero-order valence-corrected chi connectivity index (χ0v) is 12.6. The van der Waals surface area contributed by atoms with Crippen LogP contribution in [0.25, 0.3) is 11.3 Å². The zero-order chi connectivity index (χ0) is 16.1. The topological polar surface area (TPSA) is 90.3 Å². The van der Waals surface area contributed by atoms with Gasteiger partial charge in [0.25, 0.3) is 5.56 Å². The first-order chi connectivity index (χ1) is 10.6. The van der Waals surface area contributed by atoms with E-state index in [1.54, 1.807) is 30.9 Å². The molecule has 22 heavy (non-hydrogen) atoms. The molecule has 0 saturated heterocycles. The summed E-state index contributed by atoms with van der Waals surface area (Å²) >= 11 is 0. The summed E-state index contributed by atoms with van der Waals surface area (Å²) < 4.78 is 11.9. The molecule has 1 heterocycles. The van der Waals surface area contributed by atoms with Crippen molar-refractivity contribution in [3.05, 3.63) is 52.3 Å². The minimum atomic E-state index is -0.301. The Morgan fingerprint density at radius 3 is 2.68 bits per heavy atom. The van der Waals surface area contributed by atoms with E-state index in [4.69, 9.17) is 20.6 Å². The van der Waals surface area contributed by atoms with Crippen LogP contribution in [0.2, 0.25) is 0 Å². The summed E-state index contributed by atoms with van der Waals surface area (Å²) in [6.07, 6.45) is 0. The van der Waals surface area contributed by atoms with Crippen molar-refractivity contribution in [2.45, 2.75) is 6.54 Å². The zero-order valence-electron chi connectivity index (χ0n) is 12.6. The summed E-state index contributed by atoms with van der Waals surface area (Å²) in [5.41, 5.74) is 6.92. The van der Waals surface area contributed by atoms with E-state index in [0.29, 0.717) is 18.9 Å². The van der Waals surface area contributed by atoms with Crippen molar-refractivity contribution in [2.24, 2.45) is 5.73 Å². The number of nitrogens with zero attached hydrogens (tertiary/aromatic N) is 1. The molecule has 3 N–H and O–H groups in total. The molecular weight excluding hydrogens is 282 g/mol. The molecule has 0 aliphatic heterocycles. The van der Waals surface area contributed by atoms with E-state index in [9.17, 15) is 4.79 Å². The number of rotatable bonds is 6. The molecule has 1 aromatic carbocycles. The maximum atomic E-state index is 12.5. The van der Waals surface area contributed by atoms with Crippen molar-refractivity contribution in [1.82, 2.24) is 4.57 Å². The number of methoxy groups -OCH3 is 2. The maximum absolute atomic E-state index is 12.5. The van der Waals surface area contributed by atoms with E-state index < -0.39 is 0 Å². The number of amidine groups is 1. The third kappa shape index (κ3) is 3.17. The first-order valence-electron chi connectivity index (χ1n) is 6.80. The van der Waals surface area contributed by atoms with Crippen LogP contribution in [0.15, 0.2) is 41.2 Å². The normalized spacial score (nSPS) is 10.5. The number of hydrogen-bond acceptors (Lipinski definition) is 4. The van der Waals surface area contributed by atoms with Crippen LogP contribution >= 0.6 is 0 Å². The Bertz CT molecular complexity index is 738. The summed E-state index contributed by atoms with van der Waals surface area (Å²) in [6, 6.07) is 10.8. The van der Waals surface area contributed by atoms with Gasteiger partial charge < -0.3 is 19.8 Å². The number of hydrogen-bond donors (Lipinski definition) is 2. The van der Waals surface area contributed by atoms with Crippen LogP contribution in [0.1, 0.15) is 5.56 Å². The van der Waals surface area contributed by atoms with Crippen LogP contribution in [0, 0.1) is 5.41 Å². The third-order valence-electron chi connectivity index (χ3n) is 3.35. The fourth-order valence-electron chi connectivity index (χ4n) is 2.22. The van der Waals surface area contributed by atoms with E-state index in [2.05, 4.69) is 0 Å². The van der Waals surface area contributed by atoms with Crippen LogP contribution < -0.4 is 16.0 Å². The maximum Gasteiger partial charge on any atom is 0.262 e. The molecule has 0 bridgehead atoms. The summed E-state index contributed by atoms with van der Waals surface area (Å²) in [7, 11) is 3.17. The van der Waals surface area contributed by atoms with Gasteiger partial charge in [-0.05, 0) is 24.3 Å². The van der Waals surface area contributed by atoms with Gasteiger partial charge in [0.05, 0.1) is 25.0 Å². The SMILES string of the molecule is COCCn1c(-c2cccc(OC)c2)ccc(C(=N)N)c1=O. The Morgan fingerprint density at radius 1 is 1.27 bits per heavy atom. The van der Waals surface area contributed by atoms with Crippen molar-refractivity contribution < 1.29 is 9.47 Å². The second kappa shape index (κ2) is 6.91. The van der Waals surface area contributed by atoms with Crippen molar-refractivity contribution >= 4 is 5.84 Å². The monoisotopic (exact) mass is 301 g/mol. The highest BCUT2D eigenvalue weighted by molar-refractivity contribution is 5.94. The molecule has 116 valence electrons. The minimum Gasteiger partial charge on any atom is -0.497 e. The molecule has 0 aliphatic rings. The number of pyridine rings is 1. The first-order valence-corrected chi connectivity index (χ1v) is 6.80. The highest BCUT2D eigenvalue weighted by Gasteiger charge is 2.12. The molecule has 0 atom stereocenters. The number of aromatic nitrogens is 1. The van der Waals surface area contributed by atoms with E-state index in [1.165, 1.54) is 0 Å². The van der Waals surface area contributed by atoms with E-state index >= 15 is 0 Å². The summed E-state index contributed by atoms with van der Waals surface area (Å²) in [6.45, 7) is 0.765. The third-order valence-corrected chi connectivity index (χ3v) is 3.35. The molecule has 0 fully saturated rings. The van der Waals surface area contributed by atoms with E-state index in [-0.39, 0.29) is 17.0 Å². The quantitative estimate of drug-likeness (QED) is 0.624. The van der Waals surface area contributed by atoms with Gasteiger partial charge in [-0.1, -0.05) is 12.1 Å². The van der Waals surface area contributed by atoms with Gasteiger partial charge in [-0.2, -0.15) is 0 Å². The molecule has 0 saturated carbocycles. The average Bonchev–Trinajstić information content (AvgIpc) is 2.53.